The van der Waals surface area contributed by atoms with Gasteiger partial charge >= 0.3 is 0 Å². The molecular weight excluding hydrogens is 278 g/mol. The van der Waals surface area contributed by atoms with Crippen LogP contribution in [0.2, 0.25) is 5.15 Å². The molecule has 0 aliphatic carbocycles. The summed E-state index contributed by atoms with van der Waals surface area (Å²) >= 11 is 6.16. The third-order valence-electron chi connectivity index (χ3n) is 2.84. The Morgan fingerprint density at radius 1 is 1.25 bits per heavy atom. The average Bonchev–Trinajstić information content (AvgIpc) is 2.91. The van der Waals surface area contributed by atoms with Gasteiger partial charge in [-0.3, -0.25) is 0 Å². The van der Waals surface area contributed by atoms with Crippen molar-refractivity contribution in [2.45, 2.75) is 33.1 Å². The van der Waals surface area contributed by atoms with E-state index in [2.05, 4.69) is 32.5 Å². The maximum Gasteiger partial charge on any atom is 0.245 e. The lowest BCUT2D eigenvalue weighted by atomic mass is 10.3. The van der Waals surface area contributed by atoms with Crippen LogP contribution in [0.3, 0.4) is 0 Å². The lowest BCUT2D eigenvalue weighted by Crippen LogP contribution is -2.23. The van der Waals surface area contributed by atoms with Gasteiger partial charge in [0, 0.05) is 13.1 Å². The highest BCUT2D eigenvalue weighted by atomic mass is 35.5. The van der Waals surface area contributed by atoms with Crippen LogP contribution in [0.25, 0.3) is 0 Å². The normalized spacial score (nSPS) is 13.8. The van der Waals surface area contributed by atoms with E-state index in [0.717, 1.165) is 32.4 Å². The largest absolute Gasteiger partial charge is 0.476 e. The molecule has 7 heteroatoms. The summed E-state index contributed by atoms with van der Waals surface area (Å²) in [5, 5.41) is 6.55. The van der Waals surface area contributed by atoms with Crippen LogP contribution >= 0.6 is 11.6 Å². The molecule has 2 heterocycles. The van der Waals surface area contributed by atoms with Crippen molar-refractivity contribution in [3.05, 3.63) is 11.0 Å². The molecule has 0 unspecified atom stereocenters. The van der Waals surface area contributed by atoms with Gasteiger partial charge in [-0.1, -0.05) is 31.4 Å². The molecule has 1 fully saturated rings. The minimum Gasteiger partial charge on any atom is -0.476 e. The minimum atomic E-state index is 0.311. The number of aryl methyl sites for hydroxylation is 1. The van der Waals surface area contributed by atoms with Crippen molar-refractivity contribution in [1.82, 2.24) is 20.6 Å². The zero-order chi connectivity index (χ0) is 14.4. The van der Waals surface area contributed by atoms with Crippen LogP contribution < -0.4 is 15.4 Å². The van der Waals surface area contributed by atoms with Crippen LogP contribution in [0, 0.1) is 6.92 Å². The van der Waals surface area contributed by atoms with Crippen LogP contribution in [0.4, 0.5) is 5.69 Å². The van der Waals surface area contributed by atoms with Crippen LogP contribution in [0.1, 0.15) is 32.0 Å². The number of unbranched alkanes of at least 4 members (excludes halogenated alkanes) is 2. The summed E-state index contributed by atoms with van der Waals surface area (Å²) in [6.07, 6.45) is 3.27. The van der Waals surface area contributed by atoms with Gasteiger partial charge in [0.2, 0.25) is 5.88 Å². The van der Waals surface area contributed by atoms with Gasteiger partial charge in [0.15, 0.2) is 16.8 Å². The molecule has 0 aromatic carbocycles. The van der Waals surface area contributed by atoms with Crippen molar-refractivity contribution >= 4 is 23.2 Å². The van der Waals surface area contributed by atoms with Crippen molar-refractivity contribution in [3.63, 3.8) is 0 Å². The predicted octanol–water partition coefficient (Wildman–Crippen LogP) is 2.19. The number of hydrogen-bond donors (Lipinski definition) is 2. The number of ether oxygens (including phenoxy) is 1. The average molecular weight is 298 g/mol. The van der Waals surface area contributed by atoms with E-state index in [4.69, 9.17) is 16.3 Å². The number of nitrogens with one attached hydrogen (secondary N) is 2. The van der Waals surface area contributed by atoms with Crippen molar-refractivity contribution in [3.8, 4) is 5.88 Å². The molecule has 2 N–H and O–H groups in total. The Kier molecular flexibility index (Phi) is 5.40. The molecule has 1 saturated heterocycles. The first-order chi connectivity index (χ1) is 9.70. The summed E-state index contributed by atoms with van der Waals surface area (Å²) in [6.45, 7) is 6.24. The number of aromatic nitrogens is 2. The fourth-order valence-corrected chi connectivity index (χ4v) is 2.08. The maximum absolute atomic E-state index is 6.16. The minimum absolute atomic E-state index is 0.311. The fraction of sp³-hybridized carbons (Fsp3) is 0.615. The standard InChI is InChI=1S/C13H20ClN5O/c1-3-4-5-8-20-12-10(11(14)17-9(2)18-12)19-13-15-6-7-16-13/h3-8H2,1-2H3,(H2,15,16,19). The summed E-state index contributed by atoms with van der Waals surface area (Å²) in [6, 6.07) is 0. The summed E-state index contributed by atoms with van der Waals surface area (Å²) in [4.78, 5) is 12.8. The third kappa shape index (κ3) is 3.96. The molecule has 1 aromatic heterocycles. The van der Waals surface area contributed by atoms with E-state index in [-0.39, 0.29) is 0 Å². The second-order valence-corrected chi connectivity index (χ2v) is 4.94. The van der Waals surface area contributed by atoms with Crippen LogP contribution in [0.15, 0.2) is 4.99 Å². The van der Waals surface area contributed by atoms with Gasteiger partial charge in [0.25, 0.3) is 0 Å². The van der Waals surface area contributed by atoms with E-state index >= 15 is 0 Å². The number of nitrogens with zero attached hydrogens (tertiary/aromatic N) is 3. The Bertz CT molecular complexity index is 484. The van der Waals surface area contributed by atoms with Crippen molar-refractivity contribution in [2.75, 3.05) is 19.7 Å². The first kappa shape index (κ1) is 14.8. The van der Waals surface area contributed by atoms with E-state index in [1.54, 1.807) is 6.92 Å². The monoisotopic (exact) mass is 297 g/mol. The molecule has 20 heavy (non-hydrogen) atoms. The lowest BCUT2D eigenvalue weighted by molar-refractivity contribution is 0.295. The fourth-order valence-electron chi connectivity index (χ4n) is 1.84. The molecule has 1 aliphatic heterocycles. The van der Waals surface area contributed by atoms with Gasteiger partial charge in [0.1, 0.15) is 5.82 Å². The Hall–Kier alpha value is -1.56. The quantitative estimate of drug-likeness (QED) is 0.622. The summed E-state index contributed by atoms with van der Waals surface area (Å²) in [5.41, 5.74) is 0.477. The zero-order valence-corrected chi connectivity index (χ0v) is 12.6. The van der Waals surface area contributed by atoms with E-state index < -0.39 is 0 Å². The lowest BCUT2D eigenvalue weighted by Gasteiger charge is -2.10. The van der Waals surface area contributed by atoms with Gasteiger partial charge < -0.3 is 15.4 Å². The van der Waals surface area contributed by atoms with Gasteiger partial charge in [0.05, 0.1) is 6.61 Å². The smallest absolute Gasteiger partial charge is 0.245 e. The molecule has 0 atom stereocenters. The molecule has 2 rings (SSSR count). The summed E-state index contributed by atoms with van der Waals surface area (Å²) in [5.74, 6) is 1.70. The third-order valence-corrected chi connectivity index (χ3v) is 3.10. The van der Waals surface area contributed by atoms with Gasteiger partial charge in [-0.15, -0.1) is 0 Å². The Morgan fingerprint density at radius 3 is 2.70 bits per heavy atom. The second-order valence-electron chi connectivity index (χ2n) is 4.58. The van der Waals surface area contributed by atoms with E-state index in [1.165, 1.54) is 0 Å². The number of guanidine groups is 1. The molecule has 1 aromatic rings. The molecule has 0 saturated carbocycles. The van der Waals surface area contributed by atoms with Gasteiger partial charge in [-0.05, 0) is 13.3 Å². The molecule has 0 bridgehead atoms. The second kappa shape index (κ2) is 7.28. The molecule has 1 aliphatic rings. The van der Waals surface area contributed by atoms with Crippen molar-refractivity contribution in [1.29, 1.82) is 0 Å². The maximum atomic E-state index is 6.16. The number of aliphatic imine (C=N–C) groups is 1. The van der Waals surface area contributed by atoms with Crippen molar-refractivity contribution < 1.29 is 4.74 Å². The molecule has 0 amide bonds. The Morgan fingerprint density at radius 2 is 2.00 bits per heavy atom. The highest BCUT2D eigenvalue weighted by Gasteiger charge is 2.15. The first-order valence-corrected chi connectivity index (χ1v) is 7.32. The van der Waals surface area contributed by atoms with Crippen LogP contribution in [-0.4, -0.2) is 35.6 Å². The van der Waals surface area contributed by atoms with E-state index in [0.29, 0.717) is 35.1 Å². The number of hydrogen-bond acceptors (Lipinski definition) is 4. The van der Waals surface area contributed by atoms with Crippen molar-refractivity contribution in [2.24, 2.45) is 4.99 Å². The highest BCUT2D eigenvalue weighted by Crippen LogP contribution is 2.32. The molecular formula is C13H20ClN5O. The highest BCUT2D eigenvalue weighted by molar-refractivity contribution is 6.32. The van der Waals surface area contributed by atoms with Crippen LogP contribution in [-0.2, 0) is 0 Å². The van der Waals surface area contributed by atoms with E-state index in [9.17, 15) is 0 Å². The number of halogens is 1. The van der Waals surface area contributed by atoms with Gasteiger partial charge in [-0.2, -0.15) is 4.98 Å². The molecule has 0 radical (unpaired) electrons. The van der Waals surface area contributed by atoms with Gasteiger partial charge in [-0.25, -0.2) is 9.98 Å². The molecule has 0 spiro atoms. The molecule has 6 nitrogen and oxygen atoms in total. The predicted molar refractivity (Wildman–Crippen MR) is 79.9 cm³/mol. The topological polar surface area (TPSA) is 71.4 Å². The first-order valence-electron chi connectivity index (χ1n) is 6.94. The van der Waals surface area contributed by atoms with E-state index in [1.807, 2.05) is 0 Å². The Labute approximate surface area is 124 Å². The van der Waals surface area contributed by atoms with Crippen LogP contribution in [0.5, 0.6) is 5.88 Å². The molecule has 110 valence electrons. The summed E-state index contributed by atoms with van der Waals surface area (Å²) < 4.78 is 5.71. The number of rotatable bonds is 6. The summed E-state index contributed by atoms with van der Waals surface area (Å²) in [7, 11) is 0. The SMILES string of the molecule is CCCCCOc1nc(C)nc(Cl)c1N=C1NCCN1. The Balaban J connectivity index is 2.17. The zero-order valence-electron chi connectivity index (χ0n) is 11.9.